The molecule has 6 aliphatic rings. The molecule has 3 unspecified atom stereocenters. The predicted octanol–water partition coefficient (Wildman–Crippen LogP) is 4.52. The minimum atomic E-state index is -0.733. The lowest BCUT2D eigenvalue weighted by molar-refractivity contribution is -0.182. The third kappa shape index (κ3) is 3.07. The van der Waals surface area contributed by atoms with Crippen LogP contribution in [0, 0.1) is 50.7 Å². The van der Waals surface area contributed by atoms with Gasteiger partial charge in [0.2, 0.25) is 0 Å². The quantitative estimate of drug-likeness (QED) is 0.453. The molecular weight excluding hydrogens is 450 g/mol. The van der Waals surface area contributed by atoms with E-state index in [1.54, 1.807) is 0 Å². The van der Waals surface area contributed by atoms with E-state index < -0.39 is 11.7 Å². The summed E-state index contributed by atoms with van der Waals surface area (Å²) in [7, 11) is 0. The van der Waals surface area contributed by atoms with Gasteiger partial charge in [0, 0.05) is 18.5 Å². The Labute approximate surface area is 219 Å². The van der Waals surface area contributed by atoms with Crippen LogP contribution < -0.4 is 5.32 Å². The zero-order chi connectivity index (χ0) is 26.1. The van der Waals surface area contributed by atoms with E-state index in [1.807, 2.05) is 13.8 Å². The van der Waals surface area contributed by atoms with Crippen molar-refractivity contribution < 1.29 is 20.1 Å². The summed E-state index contributed by atoms with van der Waals surface area (Å²) in [4.78, 5) is 0. The Hall–Kier alpha value is -0.200. The molecule has 0 amide bonds. The molecule has 5 saturated carbocycles. The molecule has 0 aromatic carbocycles. The summed E-state index contributed by atoms with van der Waals surface area (Å²) in [5.74, 6) is 2.08. The first-order chi connectivity index (χ1) is 16.6. The fourth-order valence-corrected chi connectivity index (χ4v) is 12.1. The molecule has 5 heteroatoms. The normalized spacial score (nSPS) is 57.2. The van der Waals surface area contributed by atoms with Crippen LogP contribution in [0.5, 0.6) is 0 Å². The number of rotatable bonds is 4. The minimum Gasteiger partial charge on any atom is -0.393 e. The van der Waals surface area contributed by atoms with E-state index in [2.05, 4.69) is 39.9 Å². The van der Waals surface area contributed by atoms with Gasteiger partial charge in [-0.3, -0.25) is 0 Å². The lowest BCUT2D eigenvalue weighted by Crippen LogP contribution is -2.59. The molecule has 1 heterocycles. The minimum absolute atomic E-state index is 0.00234. The Morgan fingerprint density at radius 1 is 0.944 bits per heavy atom. The molecule has 206 valence electrons. The average Bonchev–Trinajstić information content (AvgIpc) is 3.41. The van der Waals surface area contributed by atoms with Gasteiger partial charge in [-0.25, -0.2) is 0 Å². The van der Waals surface area contributed by atoms with Gasteiger partial charge < -0.3 is 25.4 Å². The van der Waals surface area contributed by atoms with E-state index in [4.69, 9.17) is 4.74 Å². The van der Waals surface area contributed by atoms with Crippen LogP contribution in [0.1, 0.15) is 99.8 Å². The number of hydrogen-bond donors (Lipinski definition) is 4. The summed E-state index contributed by atoms with van der Waals surface area (Å²) in [5.41, 5.74) is -0.0308. The molecule has 0 aromatic rings. The molecule has 0 radical (unpaired) electrons. The number of fused-ring (bicyclic) bond motifs is 4. The van der Waals surface area contributed by atoms with E-state index in [9.17, 15) is 15.3 Å². The lowest BCUT2D eigenvalue weighted by atomic mass is 9.41. The van der Waals surface area contributed by atoms with Gasteiger partial charge in [-0.2, -0.15) is 0 Å². The summed E-state index contributed by atoms with van der Waals surface area (Å²) < 4.78 is 6.78. The third-order valence-electron chi connectivity index (χ3n) is 13.8. The van der Waals surface area contributed by atoms with Crippen molar-refractivity contribution in [3.8, 4) is 0 Å². The van der Waals surface area contributed by atoms with E-state index in [0.717, 1.165) is 19.4 Å². The van der Waals surface area contributed by atoms with Crippen LogP contribution in [0.25, 0.3) is 0 Å². The SMILES string of the molecule is C[C@@H]1C[C@H](CNCC(C)(C)O)O[C@H]2C1[C@@]1(C)CC[C@@]34C[C@@]35CC[C@H](O)C(C)(C)C5CCC4[C@]1(C)[C@H]2O. The van der Waals surface area contributed by atoms with Crippen LogP contribution in [-0.4, -0.2) is 58.4 Å². The standard InChI is InChI=1S/C31H53NO4/c1-18-14-19(15-32-17-26(2,3)35)36-24-23(18)28(6)12-13-31-16-30(31)11-10-22(33)27(4,5)20(30)8-9-21(31)29(28,7)25(24)34/h18-25,32-35H,8-17H2,1-7H3/t18-,19-,20?,21?,22+,23?,24+,25+,28-,29-,30-,31+/m1/s1. The first-order valence-corrected chi connectivity index (χ1v) is 15.1. The first kappa shape index (κ1) is 26.0. The van der Waals surface area contributed by atoms with Crippen molar-refractivity contribution in [3.05, 3.63) is 0 Å². The van der Waals surface area contributed by atoms with Crippen LogP contribution in [0.4, 0.5) is 0 Å². The van der Waals surface area contributed by atoms with Gasteiger partial charge in [0.05, 0.1) is 30.0 Å². The maximum Gasteiger partial charge on any atom is 0.0880 e. The first-order valence-electron chi connectivity index (χ1n) is 15.1. The average molecular weight is 504 g/mol. The highest BCUT2D eigenvalue weighted by molar-refractivity contribution is 5.32. The summed E-state index contributed by atoms with van der Waals surface area (Å²) in [5, 5.41) is 36.7. The molecule has 2 spiro atoms. The number of aliphatic hydroxyl groups excluding tert-OH is 2. The highest BCUT2D eigenvalue weighted by atomic mass is 16.5. The molecular formula is C31H53NO4. The predicted molar refractivity (Wildman–Crippen MR) is 141 cm³/mol. The second kappa shape index (κ2) is 7.71. The zero-order valence-corrected chi connectivity index (χ0v) is 23.9. The van der Waals surface area contributed by atoms with Crippen molar-refractivity contribution in [1.82, 2.24) is 5.32 Å². The Morgan fingerprint density at radius 2 is 1.61 bits per heavy atom. The highest BCUT2D eigenvalue weighted by Gasteiger charge is 2.84. The Morgan fingerprint density at radius 3 is 2.31 bits per heavy atom. The summed E-state index contributed by atoms with van der Waals surface area (Å²) in [6.45, 7) is 16.9. The topological polar surface area (TPSA) is 82.0 Å². The summed E-state index contributed by atoms with van der Waals surface area (Å²) >= 11 is 0. The Bertz CT molecular complexity index is 899. The molecule has 0 bridgehead atoms. The Kier molecular flexibility index (Phi) is 5.58. The van der Waals surface area contributed by atoms with Gasteiger partial charge in [-0.05, 0) is 111 Å². The molecule has 1 aliphatic heterocycles. The van der Waals surface area contributed by atoms with Crippen LogP contribution in [0.2, 0.25) is 0 Å². The molecule has 6 fully saturated rings. The van der Waals surface area contributed by atoms with Gasteiger partial charge in [0.1, 0.15) is 0 Å². The van der Waals surface area contributed by atoms with Gasteiger partial charge >= 0.3 is 0 Å². The highest BCUT2D eigenvalue weighted by Crippen LogP contribution is 2.89. The van der Waals surface area contributed by atoms with Crippen molar-refractivity contribution >= 4 is 0 Å². The summed E-state index contributed by atoms with van der Waals surface area (Å²) in [6, 6.07) is 0. The molecule has 36 heavy (non-hydrogen) atoms. The van der Waals surface area contributed by atoms with E-state index >= 15 is 0 Å². The number of hydrogen-bond acceptors (Lipinski definition) is 5. The largest absolute Gasteiger partial charge is 0.393 e. The van der Waals surface area contributed by atoms with E-state index in [-0.39, 0.29) is 34.6 Å². The zero-order valence-electron chi connectivity index (χ0n) is 23.9. The van der Waals surface area contributed by atoms with Crippen molar-refractivity contribution in [2.24, 2.45) is 50.7 Å². The molecule has 0 aromatic heterocycles. The van der Waals surface area contributed by atoms with Gasteiger partial charge in [0.15, 0.2) is 0 Å². The molecule has 12 atom stereocenters. The fraction of sp³-hybridized carbons (Fsp3) is 1.00. The van der Waals surface area contributed by atoms with Gasteiger partial charge in [0.25, 0.3) is 0 Å². The van der Waals surface area contributed by atoms with Crippen LogP contribution in [-0.2, 0) is 4.74 Å². The summed E-state index contributed by atoms with van der Waals surface area (Å²) in [6.07, 6.45) is 8.74. The lowest BCUT2D eigenvalue weighted by Gasteiger charge is -2.63. The maximum absolute atomic E-state index is 12.2. The molecule has 5 aliphatic carbocycles. The monoisotopic (exact) mass is 503 g/mol. The molecule has 1 saturated heterocycles. The van der Waals surface area contributed by atoms with Crippen molar-refractivity contribution in [2.75, 3.05) is 13.1 Å². The van der Waals surface area contributed by atoms with Crippen LogP contribution in [0.15, 0.2) is 0 Å². The number of aliphatic hydroxyl groups is 3. The Balaban J connectivity index is 1.28. The molecule has 6 rings (SSSR count). The smallest absolute Gasteiger partial charge is 0.0880 e. The van der Waals surface area contributed by atoms with Crippen LogP contribution >= 0.6 is 0 Å². The van der Waals surface area contributed by atoms with Crippen molar-refractivity contribution in [2.45, 2.75) is 130 Å². The fourth-order valence-electron chi connectivity index (χ4n) is 12.1. The molecule has 5 nitrogen and oxygen atoms in total. The van der Waals surface area contributed by atoms with Crippen molar-refractivity contribution in [1.29, 1.82) is 0 Å². The van der Waals surface area contributed by atoms with Gasteiger partial charge in [-0.1, -0.05) is 34.6 Å². The van der Waals surface area contributed by atoms with E-state index in [0.29, 0.717) is 41.0 Å². The third-order valence-corrected chi connectivity index (χ3v) is 13.8. The second-order valence-corrected chi connectivity index (χ2v) is 16.1. The van der Waals surface area contributed by atoms with Crippen LogP contribution in [0.3, 0.4) is 0 Å². The number of nitrogens with one attached hydrogen (secondary N) is 1. The maximum atomic E-state index is 12.2. The van der Waals surface area contributed by atoms with Crippen molar-refractivity contribution in [3.63, 3.8) is 0 Å². The number of ether oxygens (including phenoxy) is 1. The molecule has 4 N–H and O–H groups in total. The van der Waals surface area contributed by atoms with Gasteiger partial charge in [-0.15, -0.1) is 0 Å². The second-order valence-electron chi connectivity index (χ2n) is 16.1. The van der Waals surface area contributed by atoms with E-state index in [1.165, 1.54) is 38.5 Å².